The molecule has 0 aliphatic carbocycles. The van der Waals surface area contributed by atoms with Crippen LogP contribution in [0.3, 0.4) is 0 Å². The number of carbonyl (C=O) groups is 1. The minimum Gasteiger partial charge on any atom is -0.493 e. The molecule has 0 aliphatic rings. The normalized spacial score (nSPS) is 11.8. The van der Waals surface area contributed by atoms with E-state index in [2.05, 4.69) is 10.5 Å². The average molecular weight is 360 g/mol. The number of carbonyl (C=O) groups excluding carboxylic acids is 1. The Labute approximate surface area is 151 Å². The number of rotatable bonds is 8. The molecular weight excluding hydrogens is 339 g/mol. The monoisotopic (exact) mass is 360 g/mol. The Morgan fingerprint density at radius 1 is 1.23 bits per heavy atom. The number of anilines is 1. The molecule has 26 heavy (non-hydrogen) atoms. The van der Waals surface area contributed by atoms with Crippen molar-refractivity contribution in [3.8, 4) is 11.5 Å². The molecule has 1 amide bonds. The van der Waals surface area contributed by atoms with Crippen molar-refractivity contribution < 1.29 is 23.5 Å². The first kappa shape index (κ1) is 19.2. The fourth-order valence-electron chi connectivity index (χ4n) is 2.05. The zero-order valence-corrected chi connectivity index (χ0v) is 14.9. The summed E-state index contributed by atoms with van der Waals surface area (Å²) in [5.74, 6) is 0.457. The van der Waals surface area contributed by atoms with Gasteiger partial charge in [0, 0.05) is 11.3 Å². The maximum absolute atomic E-state index is 12.9. The van der Waals surface area contributed by atoms with Gasteiger partial charge in [-0.05, 0) is 56.3 Å². The van der Waals surface area contributed by atoms with Crippen molar-refractivity contribution in [1.82, 2.24) is 0 Å². The van der Waals surface area contributed by atoms with Crippen molar-refractivity contribution in [2.45, 2.75) is 20.0 Å². The molecule has 1 N–H and O–H groups in total. The van der Waals surface area contributed by atoms with Crippen LogP contribution in [0.15, 0.2) is 47.6 Å². The third-order valence-corrected chi connectivity index (χ3v) is 3.39. The van der Waals surface area contributed by atoms with E-state index in [1.165, 1.54) is 30.5 Å². The van der Waals surface area contributed by atoms with E-state index < -0.39 is 12.0 Å². The molecule has 0 heterocycles. The maximum atomic E-state index is 12.9. The second kappa shape index (κ2) is 9.41. The van der Waals surface area contributed by atoms with E-state index in [1.807, 2.05) is 6.92 Å². The highest BCUT2D eigenvalue weighted by atomic mass is 19.1. The third-order valence-electron chi connectivity index (χ3n) is 3.39. The first-order valence-corrected chi connectivity index (χ1v) is 8.10. The molecule has 6 nitrogen and oxygen atoms in total. The first-order valence-electron chi connectivity index (χ1n) is 8.10. The van der Waals surface area contributed by atoms with Gasteiger partial charge in [0.25, 0.3) is 5.91 Å². The lowest BCUT2D eigenvalue weighted by atomic mass is 10.2. The van der Waals surface area contributed by atoms with Gasteiger partial charge in [-0.25, -0.2) is 4.39 Å². The number of hydrogen-bond donors (Lipinski definition) is 1. The Morgan fingerprint density at radius 3 is 2.62 bits per heavy atom. The lowest BCUT2D eigenvalue weighted by Crippen LogP contribution is -2.26. The third kappa shape index (κ3) is 5.47. The SMILES string of the molecule is CCOc1ccc(/C=N\O[C@@H](C)C(=O)Nc2ccc(F)cc2)cc1OC. The summed E-state index contributed by atoms with van der Waals surface area (Å²) in [6.45, 7) is 3.99. The number of halogens is 1. The summed E-state index contributed by atoms with van der Waals surface area (Å²) in [6.07, 6.45) is 0.654. The second-order valence-corrected chi connectivity index (χ2v) is 5.32. The number of hydrogen-bond acceptors (Lipinski definition) is 5. The van der Waals surface area contributed by atoms with Gasteiger partial charge in [-0.2, -0.15) is 0 Å². The molecule has 0 fully saturated rings. The average Bonchev–Trinajstić information content (AvgIpc) is 2.64. The highest BCUT2D eigenvalue weighted by molar-refractivity contribution is 5.93. The number of nitrogens with zero attached hydrogens (tertiary/aromatic N) is 1. The molecule has 0 radical (unpaired) electrons. The van der Waals surface area contributed by atoms with Gasteiger partial charge in [0.15, 0.2) is 11.5 Å². The van der Waals surface area contributed by atoms with Crippen LogP contribution in [0.4, 0.5) is 10.1 Å². The molecule has 2 aromatic carbocycles. The Balaban J connectivity index is 1.92. The van der Waals surface area contributed by atoms with E-state index in [0.29, 0.717) is 23.8 Å². The van der Waals surface area contributed by atoms with Crippen LogP contribution in [-0.2, 0) is 9.63 Å². The van der Waals surface area contributed by atoms with Crippen molar-refractivity contribution in [2.75, 3.05) is 19.0 Å². The Hall–Kier alpha value is -3.09. The highest BCUT2D eigenvalue weighted by Gasteiger charge is 2.14. The van der Waals surface area contributed by atoms with Gasteiger partial charge in [0.1, 0.15) is 5.82 Å². The Morgan fingerprint density at radius 2 is 1.96 bits per heavy atom. The maximum Gasteiger partial charge on any atom is 0.267 e. The molecule has 0 aliphatic heterocycles. The van der Waals surface area contributed by atoms with E-state index in [1.54, 1.807) is 32.2 Å². The molecule has 0 bridgehead atoms. The minimum atomic E-state index is -0.819. The summed E-state index contributed by atoms with van der Waals surface area (Å²) < 4.78 is 23.6. The van der Waals surface area contributed by atoms with Crippen molar-refractivity contribution in [2.24, 2.45) is 5.16 Å². The van der Waals surface area contributed by atoms with E-state index in [4.69, 9.17) is 14.3 Å². The summed E-state index contributed by atoms with van der Waals surface area (Å²) in [4.78, 5) is 17.2. The minimum absolute atomic E-state index is 0.373. The van der Waals surface area contributed by atoms with E-state index in [9.17, 15) is 9.18 Å². The van der Waals surface area contributed by atoms with Crippen molar-refractivity contribution >= 4 is 17.8 Å². The highest BCUT2D eigenvalue weighted by Crippen LogP contribution is 2.27. The molecule has 1 atom stereocenters. The molecule has 7 heteroatoms. The fourth-order valence-corrected chi connectivity index (χ4v) is 2.05. The molecule has 138 valence electrons. The number of amides is 1. The summed E-state index contributed by atoms with van der Waals surface area (Å²) in [5.41, 5.74) is 1.21. The number of nitrogens with one attached hydrogen (secondary N) is 1. The summed E-state index contributed by atoms with van der Waals surface area (Å²) in [6, 6.07) is 10.8. The van der Waals surface area contributed by atoms with Crippen LogP contribution in [0.25, 0.3) is 0 Å². The molecule has 2 rings (SSSR count). The number of oxime groups is 1. The smallest absolute Gasteiger partial charge is 0.267 e. The predicted molar refractivity (Wildman–Crippen MR) is 97.3 cm³/mol. The summed E-state index contributed by atoms with van der Waals surface area (Å²) in [7, 11) is 1.55. The van der Waals surface area contributed by atoms with Gasteiger partial charge in [-0.1, -0.05) is 5.16 Å². The lowest BCUT2D eigenvalue weighted by molar-refractivity contribution is -0.126. The molecule has 0 spiro atoms. The standard InChI is InChI=1S/C19H21FN2O4/c1-4-25-17-10-5-14(11-18(17)24-3)12-21-26-13(2)19(23)22-16-8-6-15(20)7-9-16/h5-13H,4H2,1-3H3,(H,22,23)/b21-12-/t13-/m0/s1. The fraction of sp³-hybridized carbons (Fsp3) is 0.263. The molecule has 0 unspecified atom stereocenters. The Kier molecular flexibility index (Phi) is 6.96. The topological polar surface area (TPSA) is 69.2 Å². The van der Waals surface area contributed by atoms with Crippen molar-refractivity contribution in [1.29, 1.82) is 0 Å². The van der Waals surface area contributed by atoms with E-state index >= 15 is 0 Å². The quantitative estimate of drug-likeness (QED) is 0.577. The lowest BCUT2D eigenvalue weighted by Gasteiger charge is -2.11. The molecule has 0 aromatic heterocycles. The van der Waals surface area contributed by atoms with Crippen LogP contribution in [0.5, 0.6) is 11.5 Å². The van der Waals surface area contributed by atoms with Gasteiger partial charge in [-0.3, -0.25) is 4.79 Å². The number of ether oxygens (including phenoxy) is 2. The largest absolute Gasteiger partial charge is 0.493 e. The van der Waals surface area contributed by atoms with Crippen LogP contribution in [-0.4, -0.2) is 31.9 Å². The van der Waals surface area contributed by atoms with E-state index in [-0.39, 0.29) is 5.82 Å². The first-order chi connectivity index (χ1) is 12.5. The van der Waals surface area contributed by atoms with Gasteiger partial charge < -0.3 is 19.6 Å². The summed E-state index contributed by atoms with van der Waals surface area (Å²) in [5, 5.41) is 6.44. The molecule has 0 saturated carbocycles. The van der Waals surface area contributed by atoms with E-state index in [0.717, 1.165) is 5.56 Å². The molecular formula is C19H21FN2O4. The van der Waals surface area contributed by atoms with Crippen LogP contribution in [0.1, 0.15) is 19.4 Å². The van der Waals surface area contributed by atoms with Crippen LogP contribution < -0.4 is 14.8 Å². The predicted octanol–water partition coefficient (Wildman–Crippen LogP) is 3.61. The van der Waals surface area contributed by atoms with Gasteiger partial charge in [0.05, 0.1) is 19.9 Å². The zero-order chi connectivity index (χ0) is 18.9. The molecule has 0 saturated heterocycles. The van der Waals surface area contributed by atoms with Gasteiger partial charge in [0.2, 0.25) is 6.10 Å². The van der Waals surface area contributed by atoms with Gasteiger partial charge in [-0.15, -0.1) is 0 Å². The van der Waals surface area contributed by atoms with Gasteiger partial charge >= 0.3 is 0 Å². The van der Waals surface area contributed by atoms with Crippen molar-refractivity contribution in [3.63, 3.8) is 0 Å². The zero-order valence-electron chi connectivity index (χ0n) is 14.9. The van der Waals surface area contributed by atoms with Crippen LogP contribution in [0, 0.1) is 5.82 Å². The van der Waals surface area contributed by atoms with Crippen molar-refractivity contribution in [3.05, 3.63) is 53.8 Å². The second-order valence-electron chi connectivity index (χ2n) is 5.32. The van der Waals surface area contributed by atoms with Crippen LogP contribution >= 0.6 is 0 Å². The van der Waals surface area contributed by atoms with Crippen LogP contribution in [0.2, 0.25) is 0 Å². The Bertz CT molecular complexity index is 763. The summed E-state index contributed by atoms with van der Waals surface area (Å²) >= 11 is 0. The number of methoxy groups -OCH3 is 1. The number of benzene rings is 2. The molecule has 2 aromatic rings.